The fourth-order valence-corrected chi connectivity index (χ4v) is 3.53. The normalized spacial score (nSPS) is 11.8. The molecule has 0 saturated carbocycles. The molecule has 2 aromatic carbocycles. The van der Waals surface area contributed by atoms with Gasteiger partial charge in [0.25, 0.3) is 5.69 Å². The molecule has 10 heteroatoms. The lowest BCUT2D eigenvalue weighted by molar-refractivity contribution is -0.384. The molecule has 2 heterocycles. The number of aryl methyl sites for hydroxylation is 1. The fraction of sp³-hybridized carbons (Fsp3) is 0.217. The minimum absolute atomic E-state index is 0.00804. The van der Waals surface area contributed by atoms with E-state index in [0.29, 0.717) is 17.0 Å². The van der Waals surface area contributed by atoms with Crippen LogP contribution in [-0.4, -0.2) is 25.8 Å². The molecule has 0 aliphatic heterocycles. The first-order chi connectivity index (χ1) is 15.5. The van der Waals surface area contributed by atoms with Crippen LogP contribution in [0.4, 0.5) is 18.9 Å². The summed E-state index contributed by atoms with van der Waals surface area (Å²) >= 11 is 0. The number of pyridine rings is 1. The van der Waals surface area contributed by atoms with Crippen LogP contribution in [0.25, 0.3) is 28.0 Å². The Balaban J connectivity index is 1.91. The zero-order chi connectivity index (χ0) is 23.9. The summed E-state index contributed by atoms with van der Waals surface area (Å²) in [5.74, 6) is 0.595. The number of rotatable bonds is 5. The smallest absolute Gasteiger partial charge is 0.417 e. The van der Waals surface area contributed by atoms with Crippen LogP contribution >= 0.6 is 0 Å². The summed E-state index contributed by atoms with van der Waals surface area (Å²) in [5.41, 5.74) is 0.124. The summed E-state index contributed by atoms with van der Waals surface area (Å²) in [6.07, 6.45) is -4.67. The molecular formula is C23H19F3N4O3. The maximum Gasteiger partial charge on any atom is 0.417 e. The Morgan fingerprint density at radius 1 is 1.06 bits per heavy atom. The van der Waals surface area contributed by atoms with Crippen LogP contribution in [0.1, 0.15) is 25.1 Å². The van der Waals surface area contributed by atoms with Gasteiger partial charge in [0.05, 0.1) is 39.1 Å². The Morgan fingerprint density at radius 3 is 2.24 bits per heavy atom. The lowest BCUT2D eigenvalue weighted by Gasteiger charge is -2.13. The van der Waals surface area contributed by atoms with E-state index >= 15 is 0 Å². The Kier molecular flexibility index (Phi) is 5.52. The Bertz CT molecular complexity index is 1330. The minimum atomic E-state index is -4.63. The molecule has 0 amide bonds. The largest absolute Gasteiger partial charge is 0.491 e. The first-order valence-electron chi connectivity index (χ1n) is 10.0. The highest BCUT2D eigenvalue weighted by atomic mass is 19.4. The molecule has 0 bridgehead atoms. The van der Waals surface area contributed by atoms with Crippen molar-refractivity contribution in [2.24, 2.45) is 0 Å². The molecule has 0 saturated heterocycles. The molecule has 4 aromatic rings. The van der Waals surface area contributed by atoms with Gasteiger partial charge in [0.2, 0.25) is 0 Å². The number of nitro groups is 1. The number of hydrogen-bond donors (Lipinski definition) is 0. The van der Waals surface area contributed by atoms with E-state index in [1.807, 2.05) is 13.8 Å². The summed E-state index contributed by atoms with van der Waals surface area (Å²) in [4.78, 5) is 14.9. The van der Waals surface area contributed by atoms with Gasteiger partial charge in [-0.25, -0.2) is 9.67 Å². The summed E-state index contributed by atoms with van der Waals surface area (Å²) in [6.45, 7) is 5.22. The topological polar surface area (TPSA) is 83.1 Å². The maximum atomic E-state index is 14.0. The van der Waals surface area contributed by atoms with Gasteiger partial charge in [0, 0.05) is 17.7 Å². The van der Waals surface area contributed by atoms with E-state index < -0.39 is 16.7 Å². The number of fused-ring (bicyclic) bond motifs is 1. The van der Waals surface area contributed by atoms with E-state index in [-0.39, 0.29) is 34.2 Å². The van der Waals surface area contributed by atoms with Crippen molar-refractivity contribution in [3.05, 3.63) is 76.0 Å². The maximum absolute atomic E-state index is 14.0. The molecule has 0 unspecified atom stereocenters. The number of alkyl halides is 3. The summed E-state index contributed by atoms with van der Waals surface area (Å²) in [6, 6.07) is 13.0. The first-order valence-corrected chi connectivity index (χ1v) is 10.0. The van der Waals surface area contributed by atoms with Crippen molar-refractivity contribution in [3.8, 4) is 22.7 Å². The number of nitro benzene ring substituents is 1. The van der Waals surface area contributed by atoms with Crippen molar-refractivity contribution in [1.82, 2.24) is 14.8 Å². The predicted molar refractivity (Wildman–Crippen MR) is 116 cm³/mol. The number of halogens is 3. The number of hydrogen-bond acceptors (Lipinski definition) is 5. The van der Waals surface area contributed by atoms with E-state index in [9.17, 15) is 23.3 Å². The van der Waals surface area contributed by atoms with Crippen molar-refractivity contribution in [2.45, 2.75) is 33.1 Å². The number of ether oxygens (including phenoxy) is 1. The van der Waals surface area contributed by atoms with E-state index in [1.54, 1.807) is 24.3 Å². The minimum Gasteiger partial charge on any atom is -0.491 e. The highest BCUT2D eigenvalue weighted by Crippen LogP contribution is 2.39. The molecule has 7 nitrogen and oxygen atoms in total. The lowest BCUT2D eigenvalue weighted by atomic mass is 10.0. The van der Waals surface area contributed by atoms with Crippen LogP contribution in [-0.2, 0) is 6.18 Å². The van der Waals surface area contributed by atoms with Crippen molar-refractivity contribution in [3.63, 3.8) is 0 Å². The van der Waals surface area contributed by atoms with Crippen molar-refractivity contribution >= 4 is 16.7 Å². The third kappa shape index (κ3) is 4.36. The van der Waals surface area contributed by atoms with Gasteiger partial charge in [-0.3, -0.25) is 10.1 Å². The van der Waals surface area contributed by atoms with Gasteiger partial charge in [-0.15, -0.1) is 0 Å². The molecule has 0 radical (unpaired) electrons. The Hall–Kier alpha value is -3.95. The second-order valence-corrected chi connectivity index (χ2v) is 7.71. The van der Waals surface area contributed by atoms with Gasteiger partial charge in [0.1, 0.15) is 5.75 Å². The Labute approximate surface area is 186 Å². The average molecular weight is 456 g/mol. The second-order valence-electron chi connectivity index (χ2n) is 7.71. The molecule has 4 rings (SSSR count). The van der Waals surface area contributed by atoms with Crippen LogP contribution in [0.3, 0.4) is 0 Å². The van der Waals surface area contributed by atoms with E-state index in [0.717, 1.165) is 6.07 Å². The quantitative estimate of drug-likeness (QED) is 0.267. The van der Waals surface area contributed by atoms with Crippen LogP contribution in [0.15, 0.2) is 54.6 Å². The third-order valence-electron chi connectivity index (χ3n) is 4.95. The van der Waals surface area contributed by atoms with Gasteiger partial charge in [-0.05, 0) is 63.2 Å². The highest BCUT2D eigenvalue weighted by Gasteiger charge is 2.36. The number of benzene rings is 2. The molecule has 0 atom stereocenters. The number of non-ortho nitro benzene ring substituents is 1. The van der Waals surface area contributed by atoms with Crippen molar-refractivity contribution in [1.29, 1.82) is 0 Å². The molecule has 170 valence electrons. The first kappa shape index (κ1) is 22.3. The van der Waals surface area contributed by atoms with E-state index in [4.69, 9.17) is 4.74 Å². The van der Waals surface area contributed by atoms with Crippen LogP contribution in [0, 0.1) is 17.0 Å². The third-order valence-corrected chi connectivity index (χ3v) is 4.95. The predicted octanol–water partition coefficient (Wildman–Crippen LogP) is 6.11. The molecule has 0 N–H and O–H groups in total. The number of nitrogens with zero attached hydrogens (tertiary/aromatic N) is 4. The zero-order valence-electron chi connectivity index (χ0n) is 17.9. The van der Waals surface area contributed by atoms with Crippen molar-refractivity contribution in [2.75, 3.05) is 0 Å². The molecule has 0 aliphatic rings. The van der Waals surface area contributed by atoms with Crippen LogP contribution in [0.2, 0.25) is 0 Å². The fourth-order valence-electron chi connectivity index (χ4n) is 3.53. The van der Waals surface area contributed by atoms with Crippen LogP contribution in [0.5, 0.6) is 5.75 Å². The monoisotopic (exact) mass is 456 g/mol. The standard InChI is InChI=1S/C23H19F3N4O3/c1-13(2)33-18-10-4-15(5-11-18)20-12-19(23(24,25)26)21-14(3)28-29(22(21)27-20)16-6-8-17(9-7-16)30(31)32/h4-13H,1-3H3. The van der Waals surface area contributed by atoms with Crippen molar-refractivity contribution < 1.29 is 22.8 Å². The highest BCUT2D eigenvalue weighted by molar-refractivity contribution is 5.87. The second kappa shape index (κ2) is 8.19. The van der Waals surface area contributed by atoms with Gasteiger partial charge in [-0.2, -0.15) is 18.3 Å². The summed E-state index contributed by atoms with van der Waals surface area (Å²) < 4.78 is 48.8. The van der Waals surface area contributed by atoms with E-state index in [1.165, 1.54) is 35.9 Å². The Morgan fingerprint density at radius 2 is 1.70 bits per heavy atom. The molecule has 0 fully saturated rings. The molecule has 0 aliphatic carbocycles. The van der Waals surface area contributed by atoms with Crippen LogP contribution < -0.4 is 4.74 Å². The van der Waals surface area contributed by atoms with E-state index in [2.05, 4.69) is 10.1 Å². The van der Waals surface area contributed by atoms with Gasteiger partial charge in [0.15, 0.2) is 5.65 Å². The van der Waals surface area contributed by atoms with Gasteiger partial charge >= 0.3 is 6.18 Å². The molecule has 0 spiro atoms. The molecule has 2 aromatic heterocycles. The molecular weight excluding hydrogens is 437 g/mol. The summed E-state index contributed by atoms with van der Waals surface area (Å²) in [7, 11) is 0. The molecule has 33 heavy (non-hydrogen) atoms. The zero-order valence-corrected chi connectivity index (χ0v) is 17.9. The lowest BCUT2D eigenvalue weighted by Crippen LogP contribution is -2.08. The van der Waals surface area contributed by atoms with Gasteiger partial charge < -0.3 is 4.74 Å². The number of aromatic nitrogens is 3. The SMILES string of the molecule is Cc1nn(-c2ccc([N+](=O)[O-])cc2)c2nc(-c3ccc(OC(C)C)cc3)cc(C(F)(F)F)c12. The van der Waals surface area contributed by atoms with Gasteiger partial charge in [-0.1, -0.05) is 0 Å². The summed E-state index contributed by atoms with van der Waals surface area (Å²) in [5, 5.41) is 15.1. The average Bonchev–Trinajstić information content (AvgIpc) is 3.09.